The third-order valence-electron chi connectivity index (χ3n) is 2.74. The maximum absolute atomic E-state index is 10.9. The summed E-state index contributed by atoms with van der Waals surface area (Å²) in [4.78, 5) is 10.9. The molecule has 0 atom stereocenters. The minimum absolute atomic E-state index is 0.458. The number of rotatable bonds is 5. The van der Waals surface area contributed by atoms with Gasteiger partial charge in [0.2, 0.25) is 0 Å². The zero-order valence-corrected chi connectivity index (χ0v) is 11.9. The van der Waals surface area contributed by atoms with Gasteiger partial charge in [0.05, 0.1) is 0 Å². The molecule has 0 aromatic heterocycles. The first-order valence-electron chi connectivity index (χ1n) is 6.27. The van der Waals surface area contributed by atoms with Crippen LogP contribution in [0.3, 0.4) is 0 Å². The molecule has 0 radical (unpaired) electrons. The summed E-state index contributed by atoms with van der Waals surface area (Å²) in [7, 11) is 0. The van der Waals surface area contributed by atoms with E-state index < -0.39 is 5.91 Å². The summed E-state index contributed by atoms with van der Waals surface area (Å²) in [6.45, 7) is 0.458. The second kappa shape index (κ2) is 7.47. The van der Waals surface area contributed by atoms with Gasteiger partial charge in [-0.25, -0.2) is 5.48 Å². The van der Waals surface area contributed by atoms with Crippen LogP contribution in [0.25, 0.3) is 6.08 Å². The fourth-order valence-corrected chi connectivity index (χ4v) is 1.76. The van der Waals surface area contributed by atoms with Crippen molar-refractivity contribution in [3.8, 4) is 5.75 Å². The van der Waals surface area contributed by atoms with Gasteiger partial charge in [-0.05, 0) is 41.5 Å². The maximum Gasteiger partial charge on any atom is 0.267 e. The van der Waals surface area contributed by atoms with Crippen LogP contribution in [0.15, 0.2) is 54.6 Å². The van der Waals surface area contributed by atoms with Gasteiger partial charge in [-0.2, -0.15) is 0 Å². The smallest absolute Gasteiger partial charge is 0.267 e. The molecule has 108 valence electrons. The monoisotopic (exact) mass is 303 g/mol. The van der Waals surface area contributed by atoms with Crippen molar-refractivity contribution in [1.29, 1.82) is 0 Å². The van der Waals surface area contributed by atoms with Crippen molar-refractivity contribution in [3.63, 3.8) is 0 Å². The summed E-state index contributed by atoms with van der Waals surface area (Å²) in [5, 5.41) is 9.07. The second-order valence-corrected chi connectivity index (χ2v) is 4.73. The van der Waals surface area contributed by atoms with Crippen LogP contribution in [-0.2, 0) is 11.4 Å². The molecule has 2 rings (SSSR count). The summed E-state index contributed by atoms with van der Waals surface area (Å²) < 4.78 is 5.65. The Morgan fingerprint density at radius 2 is 1.81 bits per heavy atom. The van der Waals surface area contributed by atoms with E-state index in [1.807, 2.05) is 48.5 Å². The zero-order valence-electron chi connectivity index (χ0n) is 11.1. The number of amides is 1. The van der Waals surface area contributed by atoms with Gasteiger partial charge >= 0.3 is 0 Å². The molecule has 2 N–H and O–H groups in total. The molecule has 0 aliphatic carbocycles. The van der Waals surface area contributed by atoms with Crippen molar-refractivity contribution in [2.24, 2.45) is 0 Å². The van der Waals surface area contributed by atoms with Gasteiger partial charge in [0.15, 0.2) is 0 Å². The fraction of sp³-hybridized carbons (Fsp3) is 0.0625. The molecule has 5 heteroatoms. The Bertz CT molecular complexity index is 621. The Hall–Kier alpha value is -2.30. The Morgan fingerprint density at radius 3 is 2.43 bits per heavy atom. The minimum Gasteiger partial charge on any atom is -0.489 e. The van der Waals surface area contributed by atoms with Crippen molar-refractivity contribution < 1.29 is 14.7 Å². The Labute approximate surface area is 127 Å². The lowest BCUT2D eigenvalue weighted by Crippen LogP contribution is -2.14. The highest BCUT2D eigenvalue weighted by Crippen LogP contribution is 2.16. The first-order chi connectivity index (χ1) is 10.2. The molecule has 21 heavy (non-hydrogen) atoms. The van der Waals surface area contributed by atoms with Gasteiger partial charge in [0, 0.05) is 11.1 Å². The van der Waals surface area contributed by atoms with E-state index in [9.17, 15) is 4.79 Å². The van der Waals surface area contributed by atoms with E-state index >= 15 is 0 Å². The van der Waals surface area contributed by atoms with E-state index in [1.54, 1.807) is 6.08 Å². The van der Waals surface area contributed by atoms with Crippen molar-refractivity contribution >= 4 is 23.6 Å². The number of benzene rings is 2. The van der Waals surface area contributed by atoms with E-state index in [1.165, 1.54) is 11.6 Å². The predicted octanol–water partition coefficient (Wildman–Crippen LogP) is 3.44. The first kappa shape index (κ1) is 15.1. The highest BCUT2D eigenvalue weighted by molar-refractivity contribution is 6.30. The minimum atomic E-state index is -0.571. The molecular formula is C16H14ClNO3. The van der Waals surface area contributed by atoms with Crippen molar-refractivity contribution in [2.45, 2.75) is 6.61 Å². The van der Waals surface area contributed by atoms with E-state index in [0.717, 1.165) is 16.9 Å². The number of halogens is 1. The summed E-state index contributed by atoms with van der Waals surface area (Å²) in [5.41, 5.74) is 3.39. The van der Waals surface area contributed by atoms with Gasteiger partial charge in [-0.15, -0.1) is 0 Å². The SMILES string of the molecule is O=C(/C=C/c1ccc(OCc2ccc(Cl)cc2)cc1)NO. The van der Waals surface area contributed by atoms with Gasteiger partial charge in [-0.1, -0.05) is 35.9 Å². The number of hydrogen-bond donors (Lipinski definition) is 2. The van der Waals surface area contributed by atoms with Crippen LogP contribution in [0.4, 0.5) is 0 Å². The number of hydroxylamine groups is 1. The molecule has 0 heterocycles. The largest absolute Gasteiger partial charge is 0.489 e. The number of nitrogens with one attached hydrogen (secondary N) is 1. The molecule has 0 aliphatic rings. The van der Waals surface area contributed by atoms with Crippen LogP contribution in [0.2, 0.25) is 5.02 Å². The molecule has 4 nitrogen and oxygen atoms in total. The molecule has 0 spiro atoms. The van der Waals surface area contributed by atoms with Crippen LogP contribution in [0.1, 0.15) is 11.1 Å². The van der Waals surface area contributed by atoms with E-state index in [-0.39, 0.29) is 0 Å². The number of ether oxygens (including phenoxy) is 1. The molecule has 0 fully saturated rings. The maximum atomic E-state index is 10.9. The number of carbonyl (C=O) groups excluding carboxylic acids is 1. The third kappa shape index (κ3) is 4.95. The van der Waals surface area contributed by atoms with E-state index in [4.69, 9.17) is 21.5 Å². The van der Waals surface area contributed by atoms with E-state index in [2.05, 4.69) is 0 Å². The van der Waals surface area contributed by atoms with Crippen LogP contribution in [0.5, 0.6) is 5.75 Å². The van der Waals surface area contributed by atoms with Crippen LogP contribution in [0, 0.1) is 0 Å². The summed E-state index contributed by atoms with van der Waals surface area (Å²) in [6, 6.07) is 14.7. The lowest BCUT2D eigenvalue weighted by Gasteiger charge is -2.06. The number of carbonyl (C=O) groups is 1. The normalized spacial score (nSPS) is 10.6. The van der Waals surface area contributed by atoms with Crippen molar-refractivity contribution in [2.75, 3.05) is 0 Å². The van der Waals surface area contributed by atoms with Gasteiger partial charge < -0.3 is 4.74 Å². The molecule has 0 unspecified atom stereocenters. The molecule has 0 saturated heterocycles. The highest BCUT2D eigenvalue weighted by Gasteiger charge is 1.97. The Kier molecular flexibility index (Phi) is 5.37. The summed E-state index contributed by atoms with van der Waals surface area (Å²) >= 11 is 5.82. The first-order valence-corrected chi connectivity index (χ1v) is 6.64. The zero-order chi connectivity index (χ0) is 15.1. The van der Waals surface area contributed by atoms with Crippen molar-refractivity contribution in [3.05, 3.63) is 70.8 Å². The second-order valence-electron chi connectivity index (χ2n) is 4.29. The average molecular weight is 304 g/mol. The fourth-order valence-electron chi connectivity index (χ4n) is 1.63. The Balaban J connectivity index is 1.91. The molecule has 1 amide bonds. The molecule has 2 aromatic carbocycles. The van der Waals surface area contributed by atoms with Crippen LogP contribution < -0.4 is 10.2 Å². The molecule has 2 aromatic rings. The predicted molar refractivity (Wildman–Crippen MR) is 81.2 cm³/mol. The molecule has 0 aliphatic heterocycles. The Morgan fingerprint density at radius 1 is 1.14 bits per heavy atom. The topological polar surface area (TPSA) is 58.6 Å². The van der Waals surface area contributed by atoms with Gasteiger partial charge in [-0.3, -0.25) is 10.0 Å². The summed E-state index contributed by atoms with van der Waals surface area (Å²) in [5.74, 6) is 0.159. The number of hydrogen-bond acceptors (Lipinski definition) is 3. The lowest BCUT2D eigenvalue weighted by molar-refractivity contribution is -0.124. The van der Waals surface area contributed by atoms with Crippen LogP contribution >= 0.6 is 11.6 Å². The molecule has 0 saturated carbocycles. The molecular weight excluding hydrogens is 290 g/mol. The average Bonchev–Trinajstić information content (AvgIpc) is 2.53. The van der Waals surface area contributed by atoms with Gasteiger partial charge in [0.1, 0.15) is 12.4 Å². The lowest BCUT2D eigenvalue weighted by atomic mass is 10.2. The van der Waals surface area contributed by atoms with E-state index in [0.29, 0.717) is 11.6 Å². The molecule has 0 bridgehead atoms. The quantitative estimate of drug-likeness (QED) is 0.505. The van der Waals surface area contributed by atoms with Gasteiger partial charge in [0.25, 0.3) is 5.91 Å². The van der Waals surface area contributed by atoms with Crippen molar-refractivity contribution in [1.82, 2.24) is 5.48 Å². The standard InChI is InChI=1S/C16H14ClNO3/c17-14-6-1-13(2-7-14)11-21-15-8-3-12(4-9-15)5-10-16(19)18-20/h1-10,20H,11H2,(H,18,19)/b10-5+. The highest BCUT2D eigenvalue weighted by atomic mass is 35.5. The summed E-state index contributed by atoms with van der Waals surface area (Å²) in [6.07, 6.45) is 2.83. The van der Waals surface area contributed by atoms with Crippen LogP contribution in [-0.4, -0.2) is 11.1 Å². The third-order valence-corrected chi connectivity index (χ3v) is 2.99.